The van der Waals surface area contributed by atoms with Crippen molar-refractivity contribution in [3.8, 4) is 5.75 Å². The molecule has 4 N–H and O–H groups in total. The van der Waals surface area contributed by atoms with Crippen molar-refractivity contribution in [1.29, 1.82) is 5.41 Å². The second kappa shape index (κ2) is 11.1. The van der Waals surface area contributed by atoms with E-state index in [2.05, 4.69) is 27.8 Å². The first kappa shape index (κ1) is 24.5. The molecule has 2 aromatic carbocycles. The van der Waals surface area contributed by atoms with E-state index in [1.165, 1.54) is 5.56 Å². The molecule has 0 saturated heterocycles. The summed E-state index contributed by atoms with van der Waals surface area (Å²) in [4.78, 5) is 17.6. The fourth-order valence-electron chi connectivity index (χ4n) is 3.74. The lowest BCUT2D eigenvalue weighted by atomic mass is 9.87. The van der Waals surface area contributed by atoms with Gasteiger partial charge in [0.1, 0.15) is 18.2 Å². The number of aliphatic imine (C=N–C) groups is 1. The van der Waals surface area contributed by atoms with Crippen LogP contribution in [0.15, 0.2) is 53.5 Å². The largest absolute Gasteiger partial charge is 0.491 e. The minimum absolute atomic E-state index is 0.0477. The lowest BCUT2D eigenvalue weighted by Gasteiger charge is -2.27. The van der Waals surface area contributed by atoms with Crippen LogP contribution in [0.3, 0.4) is 0 Å². The first-order valence-electron chi connectivity index (χ1n) is 11.4. The predicted molar refractivity (Wildman–Crippen MR) is 132 cm³/mol. The molecule has 0 radical (unpaired) electrons. The number of nitrogens with zero attached hydrogens (tertiary/aromatic N) is 1. The van der Waals surface area contributed by atoms with Crippen molar-refractivity contribution in [1.82, 2.24) is 10.6 Å². The molecular formula is C26H34N4O3. The fraction of sp³-hybridized carbons (Fsp3) is 0.423. The van der Waals surface area contributed by atoms with Crippen LogP contribution in [0.25, 0.3) is 0 Å². The number of fused-ring (bicyclic) bond motifs is 1. The van der Waals surface area contributed by atoms with E-state index >= 15 is 0 Å². The molecule has 33 heavy (non-hydrogen) atoms. The van der Waals surface area contributed by atoms with E-state index in [0.717, 1.165) is 24.8 Å². The van der Waals surface area contributed by atoms with Crippen molar-refractivity contribution in [2.24, 2.45) is 10.4 Å². The van der Waals surface area contributed by atoms with Crippen LogP contribution in [0.2, 0.25) is 0 Å². The van der Waals surface area contributed by atoms with Gasteiger partial charge in [-0.25, -0.2) is 9.79 Å². The van der Waals surface area contributed by atoms with Gasteiger partial charge in [0, 0.05) is 18.2 Å². The second-order valence-corrected chi connectivity index (χ2v) is 9.28. The van der Waals surface area contributed by atoms with Crippen LogP contribution >= 0.6 is 0 Å². The number of carbonyl (C=O) groups excluding carboxylic acids is 1. The predicted octanol–water partition coefficient (Wildman–Crippen LogP) is 4.92. The first-order valence-corrected chi connectivity index (χ1v) is 11.4. The Bertz CT molecular complexity index is 1010. The molecule has 1 unspecified atom stereocenters. The molecular weight excluding hydrogens is 416 g/mol. The lowest BCUT2D eigenvalue weighted by Crippen LogP contribution is -2.43. The topological polar surface area (TPSA) is 107 Å². The second-order valence-electron chi connectivity index (χ2n) is 9.28. The number of aliphatic hydroxyl groups is 1. The maximum absolute atomic E-state index is 12.9. The highest BCUT2D eigenvalue weighted by molar-refractivity contribution is 6.09. The summed E-state index contributed by atoms with van der Waals surface area (Å²) in [5, 5.41) is 23.4. The van der Waals surface area contributed by atoms with E-state index in [0.29, 0.717) is 23.0 Å². The molecule has 7 heteroatoms. The third-order valence-electron chi connectivity index (χ3n) is 5.62. The number of aryl methyl sites for hydroxylation is 1. The molecule has 1 aliphatic carbocycles. The molecule has 0 aliphatic heterocycles. The van der Waals surface area contributed by atoms with E-state index in [1.807, 2.05) is 39.0 Å². The number of rotatable bonds is 7. The highest BCUT2D eigenvalue weighted by Crippen LogP contribution is 2.29. The molecule has 0 saturated carbocycles. The van der Waals surface area contributed by atoms with Crippen molar-refractivity contribution in [2.75, 3.05) is 13.2 Å². The summed E-state index contributed by atoms with van der Waals surface area (Å²) in [5.74, 6) is 0.981. The maximum atomic E-state index is 12.9. The summed E-state index contributed by atoms with van der Waals surface area (Å²) in [6, 6.07) is 15.0. The van der Waals surface area contributed by atoms with Gasteiger partial charge in [-0.3, -0.25) is 5.32 Å². The van der Waals surface area contributed by atoms with Gasteiger partial charge in [-0.2, -0.15) is 0 Å². The lowest BCUT2D eigenvalue weighted by molar-refractivity contribution is 0.201. The Morgan fingerprint density at radius 1 is 1.21 bits per heavy atom. The van der Waals surface area contributed by atoms with E-state index < -0.39 is 0 Å². The van der Waals surface area contributed by atoms with Crippen LogP contribution in [0.4, 0.5) is 10.5 Å². The summed E-state index contributed by atoms with van der Waals surface area (Å²) in [6.07, 6.45) is 3.16. The Morgan fingerprint density at radius 2 is 2.00 bits per heavy atom. The number of urea groups is 1. The van der Waals surface area contributed by atoms with Gasteiger partial charge in [0.15, 0.2) is 0 Å². The number of amidine groups is 1. The van der Waals surface area contributed by atoms with Crippen LogP contribution in [0.1, 0.15) is 57.2 Å². The average Bonchev–Trinajstić information content (AvgIpc) is 2.77. The third-order valence-corrected chi connectivity index (χ3v) is 5.62. The molecule has 0 heterocycles. The van der Waals surface area contributed by atoms with Crippen molar-refractivity contribution in [3.05, 3.63) is 59.7 Å². The summed E-state index contributed by atoms with van der Waals surface area (Å²) in [7, 11) is 0. The zero-order valence-electron chi connectivity index (χ0n) is 19.6. The van der Waals surface area contributed by atoms with Gasteiger partial charge in [0.2, 0.25) is 0 Å². The number of nitrogens with one attached hydrogen (secondary N) is 3. The van der Waals surface area contributed by atoms with Gasteiger partial charge >= 0.3 is 6.03 Å². The Balaban J connectivity index is 1.78. The summed E-state index contributed by atoms with van der Waals surface area (Å²) in [5.41, 5.74) is 3.17. The number of hydrogen-bond acceptors (Lipinski definition) is 5. The third kappa shape index (κ3) is 7.15. The van der Waals surface area contributed by atoms with Crippen molar-refractivity contribution in [3.63, 3.8) is 0 Å². The Kier molecular flexibility index (Phi) is 8.22. The number of amides is 2. The van der Waals surface area contributed by atoms with E-state index in [4.69, 9.17) is 15.3 Å². The van der Waals surface area contributed by atoms with Crippen molar-refractivity contribution < 1.29 is 14.6 Å². The van der Waals surface area contributed by atoms with Gasteiger partial charge in [0.25, 0.3) is 0 Å². The molecule has 0 fully saturated rings. The quantitative estimate of drug-likeness (QED) is 0.355. The van der Waals surface area contributed by atoms with Gasteiger partial charge in [-0.1, -0.05) is 51.1 Å². The minimum Gasteiger partial charge on any atom is -0.491 e. The SMILES string of the molecule is CC(C)(C)C(=N)CC(=Nc1cccc(OCCO)c1)NC(=O)NC1CCCc2ccccc21. The number of ether oxygens (including phenoxy) is 1. The normalized spacial score (nSPS) is 16.0. The van der Waals surface area contributed by atoms with Gasteiger partial charge in [-0.15, -0.1) is 0 Å². The standard InChI is InChI=1S/C26H34N4O3/c1-26(2,3)23(27)17-24(28-19-10-7-11-20(16-19)33-15-14-31)30-25(32)29-22-13-6-9-18-8-4-5-12-21(18)22/h4-5,7-8,10-12,16,22,27,31H,6,9,13-15,17H2,1-3H3,(H2,28,29,30,32). The molecule has 2 amide bonds. The number of benzene rings is 2. The summed E-state index contributed by atoms with van der Waals surface area (Å²) < 4.78 is 5.47. The molecule has 0 aromatic heterocycles. The summed E-state index contributed by atoms with van der Waals surface area (Å²) >= 11 is 0. The Hall–Kier alpha value is -3.19. The molecule has 1 aliphatic rings. The molecule has 7 nitrogen and oxygen atoms in total. The zero-order chi connectivity index (χ0) is 23.8. The molecule has 1 atom stereocenters. The Morgan fingerprint density at radius 3 is 2.76 bits per heavy atom. The zero-order valence-corrected chi connectivity index (χ0v) is 19.6. The average molecular weight is 451 g/mol. The number of hydrogen-bond donors (Lipinski definition) is 4. The molecule has 2 aromatic rings. The highest BCUT2D eigenvalue weighted by Gasteiger charge is 2.23. The van der Waals surface area contributed by atoms with E-state index in [9.17, 15) is 4.79 Å². The maximum Gasteiger partial charge on any atom is 0.320 e. The van der Waals surface area contributed by atoms with Gasteiger partial charge in [0.05, 0.1) is 18.3 Å². The van der Waals surface area contributed by atoms with Crippen molar-refractivity contribution >= 4 is 23.3 Å². The first-order chi connectivity index (χ1) is 15.8. The highest BCUT2D eigenvalue weighted by atomic mass is 16.5. The van der Waals surface area contributed by atoms with Gasteiger partial charge in [-0.05, 0) is 47.9 Å². The smallest absolute Gasteiger partial charge is 0.320 e. The molecule has 176 valence electrons. The van der Waals surface area contributed by atoms with Crippen LogP contribution in [0.5, 0.6) is 5.75 Å². The molecule has 0 spiro atoms. The van der Waals surface area contributed by atoms with E-state index in [1.54, 1.807) is 18.2 Å². The summed E-state index contributed by atoms with van der Waals surface area (Å²) in [6.45, 7) is 6.02. The number of carbonyl (C=O) groups is 1. The molecule has 3 rings (SSSR count). The number of aliphatic hydroxyl groups excluding tert-OH is 1. The van der Waals surface area contributed by atoms with Crippen molar-refractivity contribution in [2.45, 2.75) is 52.5 Å². The van der Waals surface area contributed by atoms with Gasteiger partial charge < -0.3 is 20.6 Å². The molecule has 0 bridgehead atoms. The fourth-order valence-corrected chi connectivity index (χ4v) is 3.74. The van der Waals surface area contributed by atoms with Crippen LogP contribution in [-0.4, -0.2) is 35.9 Å². The van der Waals surface area contributed by atoms with E-state index in [-0.39, 0.29) is 37.1 Å². The van der Waals surface area contributed by atoms with Crippen LogP contribution < -0.4 is 15.4 Å². The van der Waals surface area contributed by atoms with Crippen LogP contribution in [-0.2, 0) is 6.42 Å². The Labute approximate surface area is 195 Å². The van der Waals surface area contributed by atoms with Crippen LogP contribution in [0, 0.1) is 10.8 Å². The minimum atomic E-state index is -0.340. The monoisotopic (exact) mass is 450 g/mol.